The van der Waals surface area contributed by atoms with Gasteiger partial charge in [0.15, 0.2) is 0 Å². The molecule has 2 nitrogen and oxygen atoms in total. The Hall–Kier alpha value is -1.75. The van der Waals surface area contributed by atoms with Crippen LogP contribution < -0.4 is 0 Å². The van der Waals surface area contributed by atoms with Crippen LogP contribution in [-0.2, 0) is 4.74 Å². The number of ether oxygens (including phenoxy) is 1. The highest BCUT2D eigenvalue weighted by Gasteiger charge is 2.23. The molecule has 2 heteroatoms. The van der Waals surface area contributed by atoms with Crippen LogP contribution >= 0.6 is 0 Å². The number of rotatable bonds is 2. The normalized spacial score (nSPS) is 14.4. The number of methoxy groups -OCH3 is 1. The van der Waals surface area contributed by atoms with E-state index >= 15 is 0 Å². The Morgan fingerprint density at radius 3 is 2.61 bits per heavy atom. The van der Waals surface area contributed by atoms with E-state index in [0.717, 1.165) is 11.1 Å². The van der Waals surface area contributed by atoms with Crippen molar-refractivity contribution in [2.75, 3.05) is 7.11 Å². The molecule has 1 aliphatic carbocycles. The van der Waals surface area contributed by atoms with Gasteiger partial charge < -0.3 is 4.74 Å². The molecule has 0 radical (unpaired) electrons. The van der Waals surface area contributed by atoms with Gasteiger partial charge in [-0.25, -0.2) is 4.79 Å². The Morgan fingerprint density at radius 2 is 2.11 bits per heavy atom. The van der Waals surface area contributed by atoms with Crippen LogP contribution in [0.5, 0.6) is 0 Å². The van der Waals surface area contributed by atoms with Gasteiger partial charge in [0, 0.05) is 5.56 Å². The van der Waals surface area contributed by atoms with E-state index in [0.29, 0.717) is 11.5 Å². The van der Waals surface area contributed by atoms with E-state index in [1.165, 1.54) is 31.9 Å². The van der Waals surface area contributed by atoms with Crippen molar-refractivity contribution in [1.82, 2.24) is 0 Å². The van der Waals surface area contributed by atoms with Gasteiger partial charge in [0.1, 0.15) is 0 Å². The van der Waals surface area contributed by atoms with E-state index in [-0.39, 0.29) is 5.97 Å². The number of carbonyl (C=O) groups excluding carboxylic acids is 1. The first kappa shape index (κ1) is 12.7. The molecule has 0 aromatic heterocycles. The molecule has 0 amide bonds. The van der Waals surface area contributed by atoms with Gasteiger partial charge >= 0.3 is 5.97 Å². The number of esters is 1. The van der Waals surface area contributed by atoms with E-state index in [1.807, 2.05) is 19.9 Å². The standard InChI is InChI=1S/C16H18O2/c1-4-6-13-10-14(16(17)18-3)11(2)9-15(13)12-7-5-8-12/h9-10,12H,5,7-8H2,1-3H3. The van der Waals surface area contributed by atoms with Crippen molar-refractivity contribution in [3.8, 4) is 11.8 Å². The molecule has 0 saturated heterocycles. The predicted molar refractivity (Wildman–Crippen MR) is 71.7 cm³/mol. The van der Waals surface area contributed by atoms with Crippen molar-refractivity contribution in [2.24, 2.45) is 0 Å². The topological polar surface area (TPSA) is 26.3 Å². The van der Waals surface area contributed by atoms with Crippen LogP contribution in [0.4, 0.5) is 0 Å². The fourth-order valence-electron chi connectivity index (χ4n) is 2.36. The minimum absolute atomic E-state index is 0.285. The quantitative estimate of drug-likeness (QED) is 0.586. The van der Waals surface area contributed by atoms with Gasteiger partial charge in [0.05, 0.1) is 12.7 Å². The summed E-state index contributed by atoms with van der Waals surface area (Å²) in [5.74, 6) is 6.37. The summed E-state index contributed by atoms with van der Waals surface area (Å²) >= 11 is 0. The molecule has 1 saturated carbocycles. The van der Waals surface area contributed by atoms with Gasteiger partial charge in [0.2, 0.25) is 0 Å². The van der Waals surface area contributed by atoms with Crippen LogP contribution in [0.15, 0.2) is 12.1 Å². The van der Waals surface area contributed by atoms with Gasteiger partial charge in [0.25, 0.3) is 0 Å². The van der Waals surface area contributed by atoms with E-state index < -0.39 is 0 Å². The maximum absolute atomic E-state index is 11.7. The van der Waals surface area contributed by atoms with Crippen LogP contribution in [0.3, 0.4) is 0 Å². The molecule has 94 valence electrons. The summed E-state index contributed by atoms with van der Waals surface area (Å²) in [6, 6.07) is 3.99. The summed E-state index contributed by atoms with van der Waals surface area (Å²) in [7, 11) is 1.41. The Bertz CT molecular complexity index is 528. The van der Waals surface area contributed by atoms with Crippen molar-refractivity contribution in [2.45, 2.75) is 39.0 Å². The second-order valence-electron chi connectivity index (χ2n) is 4.75. The highest BCUT2D eigenvalue weighted by atomic mass is 16.5. The molecule has 0 atom stereocenters. The lowest BCUT2D eigenvalue weighted by atomic mass is 9.77. The first-order valence-corrected chi connectivity index (χ1v) is 6.33. The number of hydrogen-bond donors (Lipinski definition) is 0. The number of aryl methyl sites for hydroxylation is 1. The maximum atomic E-state index is 11.7. The zero-order valence-electron chi connectivity index (χ0n) is 11.2. The molecular weight excluding hydrogens is 224 g/mol. The predicted octanol–water partition coefficient (Wildman–Crippen LogP) is 3.42. The number of hydrogen-bond acceptors (Lipinski definition) is 2. The van der Waals surface area contributed by atoms with Crippen molar-refractivity contribution < 1.29 is 9.53 Å². The molecule has 1 aliphatic rings. The molecule has 1 aromatic rings. The maximum Gasteiger partial charge on any atom is 0.338 e. The molecule has 1 fully saturated rings. The third-order valence-corrected chi connectivity index (χ3v) is 3.61. The second kappa shape index (κ2) is 5.27. The SMILES string of the molecule is CC#Cc1cc(C(=O)OC)c(C)cc1C1CCC1. The summed E-state index contributed by atoms with van der Waals surface area (Å²) in [5.41, 5.74) is 3.87. The van der Waals surface area contributed by atoms with Crippen LogP contribution in [0.2, 0.25) is 0 Å². The van der Waals surface area contributed by atoms with E-state index in [9.17, 15) is 4.79 Å². The van der Waals surface area contributed by atoms with Crippen LogP contribution in [-0.4, -0.2) is 13.1 Å². The smallest absolute Gasteiger partial charge is 0.338 e. The first-order chi connectivity index (χ1) is 8.67. The fourth-order valence-corrected chi connectivity index (χ4v) is 2.36. The monoisotopic (exact) mass is 242 g/mol. The highest BCUT2D eigenvalue weighted by molar-refractivity contribution is 5.91. The Morgan fingerprint density at radius 1 is 1.39 bits per heavy atom. The van der Waals surface area contributed by atoms with Crippen LogP contribution in [0, 0.1) is 18.8 Å². The molecule has 0 aliphatic heterocycles. The molecule has 18 heavy (non-hydrogen) atoms. The van der Waals surface area contributed by atoms with Gasteiger partial charge in [-0.3, -0.25) is 0 Å². The lowest BCUT2D eigenvalue weighted by Crippen LogP contribution is -2.13. The number of carbonyl (C=O) groups is 1. The molecule has 2 rings (SSSR count). The van der Waals surface area contributed by atoms with E-state index in [4.69, 9.17) is 4.74 Å². The Labute approximate surface area is 108 Å². The van der Waals surface area contributed by atoms with Crippen molar-refractivity contribution in [3.63, 3.8) is 0 Å². The summed E-state index contributed by atoms with van der Waals surface area (Å²) in [4.78, 5) is 11.7. The Kier molecular flexibility index (Phi) is 3.72. The lowest BCUT2D eigenvalue weighted by molar-refractivity contribution is 0.0600. The first-order valence-electron chi connectivity index (χ1n) is 6.33. The molecule has 0 heterocycles. The largest absolute Gasteiger partial charge is 0.465 e. The van der Waals surface area contributed by atoms with Crippen LogP contribution in [0.1, 0.15) is 59.2 Å². The summed E-state index contributed by atoms with van der Waals surface area (Å²) in [6.45, 7) is 3.78. The van der Waals surface area contributed by atoms with Gasteiger partial charge in [-0.2, -0.15) is 0 Å². The summed E-state index contributed by atoms with van der Waals surface area (Å²) in [6.07, 6.45) is 3.76. The average molecular weight is 242 g/mol. The molecular formula is C16H18O2. The van der Waals surface area contributed by atoms with Crippen molar-refractivity contribution in [3.05, 3.63) is 34.4 Å². The average Bonchev–Trinajstić information content (AvgIpc) is 2.29. The van der Waals surface area contributed by atoms with Gasteiger partial charge in [-0.05, 0) is 49.8 Å². The third kappa shape index (κ3) is 2.26. The minimum Gasteiger partial charge on any atom is -0.465 e. The Balaban J connectivity index is 2.50. The zero-order chi connectivity index (χ0) is 13.1. The summed E-state index contributed by atoms with van der Waals surface area (Å²) < 4.78 is 4.80. The minimum atomic E-state index is -0.285. The molecule has 0 bridgehead atoms. The fraction of sp³-hybridized carbons (Fsp3) is 0.438. The van der Waals surface area contributed by atoms with Crippen LogP contribution in [0.25, 0.3) is 0 Å². The second-order valence-corrected chi connectivity index (χ2v) is 4.75. The van der Waals surface area contributed by atoms with Gasteiger partial charge in [-0.15, -0.1) is 5.92 Å². The molecule has 0 unspecified atom stereocenters. The van der Waals surface area contributed by atoms with E-state index in [2.05, 4.69) is 17.9 Å². The summed E-state index contributed by atoms with van der Waals surface area (Å²) in [5, 5.41) is 0. The van der Waals surface area contributed by atoms with Crippen molar-refractivity contribution in [1.29, 1.82) is 0 Å². The lowest BCUT2D eigenvalue weighted by Gasteiger charge is -2.27. The third-order valence-electron chi connectivity index (χ3n) is 3.61. The zero-order valence-corrected chi connectivity index (χ0v) is 11.2. The molecule has 0 N–H and O–H groups in total. The highest BCUT2D eigenvalue weighted by Crippen LogP contribution is 2.38. The van der Waals surface area contributed by atoms with Gasteiger partial charge in [-0.1, -0.05) is 18.4 Å². The van der Waals surface area contributed by atoms with E-state index in [1.54, 1.807) is 0 Å². The number of benzene rings is 1. The molecule has 1 aromatic carbocycles. The van der Waals surface area contributed by atoms with Crippen molar-refractivity contribution >= 4 is 5.97 Å². The molecule has 0 spiro atoms.